The molecular formula is C16H23N3S. The van der Waals surface area contributed by atoms with Crippen LogP contribution < -0.4 is 5.32 Å². The maximum Gasteiger partial charge on any atom is 0.134 e. The molecule has 0 aliphatic rings. The molecule has 1 aromatic carbocycles. The molecule has 1 unspecified atom stereocenters. The average Bonchev–Trinajstić information content (AvgIpc) is 2.89. The minimum Gasteiger partial charge on any atom is -0.308 e. The van der Waals surface area contributed by atoms with Crippen LogP contribution in [0.3, 0.4) is 0 Å². The van der Waals surface area contributed by atoms with Gasteiger partial charge in [-0.15, -0.1) is 10.2 Å². The summed E-state index contributed by atoms with van der Waals surface area (Å²) in [6.07, 6.45) is 2.02. The van der Waals surface area contributed by atoms with Crippen molar-refractivity contribution in [2.75, 3.05) is 6.54 Å². The molecule has 0 aliphatic carbocycles. The van der Waals surface area contributed by atoms with E-state index in [4.69, 9.17) is 0 Å². The molecule has 20 heavy (non-hydrogen) atoms. The predicted octanol–water partition coefficient (Wildman–Crippen LogP) is 3.81. The second kappa shape index (κ2) is 6.95. The fourth-order valence-corrected chi connectivity index (χ4v) is 3.01. The Bertz CT molecular complexity index is 563. The van der Waals surface area contributed by atoms with Crippen molar-refractivity contribution < 1.29 is 0 Å². The lowest BCUT2D eigenvalue weighted by atomic mass is 10.0. The van der Waals surface area contributed by atoms with E-state index in [2.05, 4.69) is 61.4 Å². The molecule has 1 atom stereocenters. The molecule has 0 spiro atoms. The van der Waals surface area contributed by atoms with Gasteiger partial charge >= 0.3 is 0 Å². The van der Waals surface area contributed by atoms with Crippen LogP contribution in [0.4, 0.5) is 0 Å². The van der Waals surface area contributed by atoms with Gasteiger partial charge in [-0.2, -0.15) is 0 Å². The van der Waals surface area contributed by atoms with Crippen molar-refractivity contribution in [1.82, 2.24) is 15.5 Å². The molecule has 4 heteroatoms. The van der Waals surface area contributed by atoms with Gasteiger partial charge in [0, 0.05) is 6.42 Å². The van der Waals surface area contributed by atoms with Crippen molar-refractivity contribution in [1.29, 1.82) is 0 Å². The fraction of sp³-hybridized carbons (Fsp3) is 0.500. The predicted molar refractivity (Wildman–Crippen MR) is 85.3 cm³/mol. The van der Waals surface area contributed by atoms with E-state index in [9.17, 15) is 0 Å². The average molecular weight is 289 g/mol. The van der Waals surface area contributed by atoms with Crippen LogP contribution in [-0.4, -0.2) is 16.7 Å². The first-order valence-corrected chi connectivity index (χ1v) is 8.03. The molecule has 1 heterocycles. The summed E-state index contributed by atoms with van der Waals surface area (Å²) < 4.78 is 0. The summed E-state index contributed by atoms with van der Waals surface area (Å²) in [6, 6.07) is 6.87. The van der Waals surface area contributed by atoms with Gasteiger partial charge in [0.15, 0.2) is 0 Å². The molecule has 0 amide bonds. The summed E-state index contributed by atoms with van der Waals surface area (Å²) in [7, 11) is 0. The van der Waals surface area contributed by atoms with Crippen molar-refractivity contribution in [2.24, 2.45) is 0 Å². The highest BCUT2D eigenvalue weighted by Crippen LogP contribution is 2.22. The van der Waals surface area contributed by atoms with Gasteiger partial charge in [-0.3, -0.25) is 0 Å². The molecule has 1 N–H and O–H groups in total. The molecular weight excluding hydrogens is 266 g/mol. The SMILES string of the molecule is CCCNC(C)c1nnc(Cc2cc(C)ccc2C)s1. The third kappa shape index (κ3) is 3.87. The van der Waals surface area contributed by atoms with Crippen LogP contribution >= 0.6 is 11.3 Å². The Labute approximate surface area is 125 Å². The molecule has 3 nitrogen and oxygen atoms in total. The highest BCUT2D eigenvalue weighted by molar-refractivity contribution is 7.11. The summed E-state index contributed by atoms with van der Waals surface area (Å²) >= 11 is 1.72. The number of rotatable bonds is 6. The Morgan fingerprint density at radius 1 is 1.25 bits per heavy atom. The first-order valence-electron chi connectivity index (χ1n) is 7.22. The quantitative estimate of drug-likeness (QED) is 0.879. The highest BCUT2D eigenvalue weighted by Gasteiger charge is 2.12. The Morgan fingerprint density at radius 2 is 2.05 bits per heavy atom. The summed E-state index contributed by atoms with van der Waals surface area (Å²) in [5.41, 5.74) is 3.97. The Hall–Kier alpha value is -1.26. The second-order valence-corrected chi connectivity index (χ2v) is 6.41. The lowest BCUT2D eigenvalue weighted by Crippen LogP contribution is -2.18. The number of benzene rings is 1. The van der Waals surface area contributed by atoms with Crippen LogP contribution in [0.2, 0.25) is 0 Å². The zero-order chi connectivity index (χ0) is 14.5. The number of nitrogens with one attached hydrogen (secondary N) is 1. The number of aromatic nitrogens is 2. The van der Waals surface area contributed by atoms with Gasteiger partial charge in [0.2, 0.25) is 0 Å². The molecule has 0 saturated carbocycles. The van der Waals surface area contributed by atoms with Gasteiger partial charge in [-0.05, 0) is 44.9 Å². The highest BCUT2D eigenvalue weighted by atomic mass is 32.1. The Morgan fingerprint density at radius 3 is 2.80 bits per heavy atom. The molecule has 2 aromatic rings. The van der Waals surface area contributed by atoms with Crippen molar-refractivity contribution in [2.45, 2.75) is 46.6 Å². The zero-order valence-corrected chi connectivity index (χ0v) is 13.5. The van der Waals surface area contributed by atoms with E-state index >= 15 is 0 Å². The van der Waals surface area contributed by atoms with E-state index in [1.807, 2.05) is 0 Å². The van der Waals surface area contributed by atoms with Crippen LogP contribution in [0, 0.1) is 13.8 Å². The summed E-state index contributed by atoms with van der Waals surface area (Å²) in [5, 5.41) is 14.3. The van der Waals surface area contributed by atoms with Gasteiger partial charge in [0.05, 0.1) is 6.04 Å². The number of nitrogens with zero attached hydrogens (tertiary/aromatic N) is 2. The molecule has 0 saturated heterocycles. The second-order valence-electron chi connectivity index (χ2n) is 5.32. The van der Waals surface area contributed by atoms with E-state index < -0.39 is 0 Å². The third-order valence-electron chi connectivity index (χ3n) is 3.40. The van der Waals surface area contributed by atoms with Gasteiger partial charge in [0.25, 0.3) is 0 Å². The van der Waals surface area contributed by atoms with Gasteiger partial charge in [-0.25, -0.2) is 0 Å². The normalized spacial score (nSPS) is 12.6. The van der Waals surface area contributed by atoms with Crippen LogP contribution in [0.25, 0.3) is 0 Å². The molecule has 1 aromatic heterocycles. The third-order valence-corrected chi connectivity index (χ3v) is 4.51. The van der Waals surface area contributed by atoms with E-state index in [0.29, 0.717) is 6.04 Å². The van der Waals surface area contributed by atoms with Crippen molar-refractivity contribution in [3.8, 4) is 0 Å². The maximum atomic E-state index is 4.34. The van der Waals surface area contributed by atoms with Crippen LogP contribution in [0.1, 0.15) is 53.0 Å². The van der Waals surface area contributed by atoms with E-state index in [0.717, 1.165) is 29.4 Å². The van der Waals surface area contributed by atoms with Crippen molar-refractivity contribution >= 4 is 11.3 Å². The van der Waals surface area contributed by atoms with Crippen LogP contribution in [-0.2, 0) is 6.42 Å². The van der Waals surface area contributed by atoms with Gasteiger partial charge < -0.3 is 5.32 Å². The first kappa shape index (κ1) is 15.1. The van der Waals surface area contributed by atoms with Gasteiger partial charge in [0.1, 0.15) is 10.0 Å². The molecule has 0 fully saturated rings. The van der Waals surface area contributed by atoms with E-state index in [1.165, 1.54) is 16.7 Å². The fourth-order valence-electron chi connectivity index (χ4n) is 2.11. The first-order chi connectivity index (χ1) is 9.60. The number of hydrogen-bond donors (Lipinski definition) is 1. The van der Waals surface area contributed by atoms with E-state index in [1.54, 1.807) is 11.3 Å². The summed E-state index contributed by atoms with van der Waals surface area (Å²) in [4.78, 5) is 0. The lowest BCUT2D eigenvalue weighted by molar-refractivity contribution is 0.564. The number of hydrogen-bond acceptors (Lipinski definition) is 4. The largest absolute Gasteiger partial charge is 0.308 e. The van der Waals surface area contributed by atoms with Crippen molar-refractivity contribution in [3.63, 3.8) is 0 Å². The minimum atomic E-state index is 0.291. The van der Waals surface area contributed by atoms with Crippen LogP contribution in [0.15, 0.2) is 18.2 Å². The molecule has 0 aliphatic heterocycles. The minimum absolute atomic E-state index is 0.291. The molecule has 108 valence electrons. The monoisotopic (exact) mass is 289 g/mol. The molecule has 2 rings (SSSR count). The van der Waals surface area contributed by atoms with Gasteiger partial charge in [-0.1, -0.05) is 42.0 Å². The van der Waals surface area contributed by atoms with Crippen molar-refractivity contribution in [3.05, 3.63) is 44.9 Å². The maximum absolute atomic E-state index is 4.34. The van der Waals surface area contributed by atoms with Crippen LogP contribution in [0.5, 0.6) is 0 Å². The Balaban J connectivity index is 2.07. The van der Waals surface area contributed by atoms with E-state index in [-0.39, 0.29) is 0 Å². The number of aryl methyl sites for hydroxylation is 2. The topological polar surface area (TPSA) is 37.8 Å². The zero-order valence-electron chi connectivity index (χ0n) is 12.7. The Kier molecular flexibility index (Phi) is 5.26. The lowest BCUT2D eigenvalue weighted by Gasteiger charge is -2.08. The summed E-state index contributed by atoms with van der Waals surface area (Å²) in [5.74, 6) is 0. The smallest absolute Gasteiger partial charge is 0.134 e. The standard InChI is InChI=1S/C16H23N3S/c1-5-8-17-13(4)16-19-18-15(20-16)10-14-9-11(2)6-7-12(14)3/h6-7,9,13,17H,5,8,10H2,1-4H3. The molecule has 0 bridgehead atoms. The summed E-state index contributed by atoms with van der Waals surface area (Å²) in [6.45, 7) is 9.63. The molecule has 0 radical (unpaired) electrons.